The van der Waals surface area contributed by atoms with Crippen molar-refractivity contribution in [2.75, 3.05) is 13.1 Å². The summed E-state index contributed by atoms with van der Waals surface area (Å²) in [5, 5.41) is 3.24. The number of halogens is 3. The van der Waals surface area contributed by atoms with Crippen molar-refractivity contribution < 1.29 is 17.9 Å². The first-order valence-electron chi connectivity index (χ1n) is 6.24. The summed E-state index contributed by atoms with van der Waals surface area (Å²) < 4.78 is 42.6. The van der Waals surface area contributed by atoms with E-state index < -0.39 is 11.9 Å². The van der Waals surface area contributed by atoms with Crippen LogP contribution in [0.2, 0.25) is 0 Å². The predicted molar refractivity (Wildman–Crippen MR) is 60.6 cm³/mol. The van der Waals surface area contributed by atoms with E-state index in [-0.39, 0.29) is 12.0 Å². The molecule has 19 heavy (non-hydrogen) atoms. The molecule has 0 bridgehead atoms. The highest BCUT2D eigenvalue weighted by Crippen LogP contribution is 2.42. The molecular formula is C12H14F3N3O. The average molecular weight is 273 g/mol. The van der Waals surface area contributed by atoms with Crippen molar-refractivity contribution in [3.63, 3.8) is 0 Å². The van der Waals surface area contributed by atoms with Crippen LogP contribution in [0.3, 0.4) is 0 Å². The van der Waals surface area contributed by atoms with Gasteiger partial charge in [0, 0.05) is 13.1 Å². The van der Waals surface area contributed by atoms with Gasteiger partial charge in [0.1, 0.15) is 6.10 Å². The fraction of sp³-hybridized carbons (Fsp3) is 0.667. The number of hydrogen-bond donors (Lipinski definition) is 1. The minimum absolute atomic E-state index is 0.0353. The van der Waals surface area contributed by atoms with Crippen molar-refractivity contribution in [2.24, 2.45) is 5.41 Å². The zero-order chi connectivity index (χ0) is 13.5. The molecule has 4 nitrogen and oxygen atoms in total. The number of ether oxygens (including phenoxy) is 1. The third kappa shape index (κ3) is 2.51. The molecule has 0 unspecified atom stereocenters. The molecule has 1 aliphatic heterocycles. The smallest absolute Gasteiger partial charge is 0.434 e. The summed E-state index contributed by atoms with van der Waals surface area (Å²) in [4.78, 5) is 7.02. The van der Waals surface area contributed by atoms with E-state index in [0.29, 0.717) is 11.6 Å². The third-order valence-corrected chi connectivity index (χ3v) is 3.86. The number of rotatable bonds is 2. The lowest BCUT2D eigenvalue weighted by Crippen LogP contribution is -2.52. The lowest BCUT2D eigenvalue weighted by atomic mass is 9.80. The van der Waals surface area contributed by atoms with Gasteiger partial charge in [-0.2, -0.15) is 13.2 Å². The molecular weight excluding hydrogens is 259 g/mol. The van der Waals surface area contributed by atoms with E-state index in [9.17, 15) is 13.2 Å². The van der Waals surface area contributed by atoms with Crippen LogP contribution < -0.4 is 10.1 Å². The lowest BCUT2D eigenvalue weighted by Gasteiger charge is -2.39. The van der Waals surface area contributed by atoms with Crippen LogP contribution in [0.4, 0.5) is 13.2 Å². The molecule has 1 saturated heterocycles. The van der Waals surface area contributed by atoms with Crippen molar-refractivity contribution >= 4 is 0 Å². The molecule has 2 heterocycles. The highest BCUT2D eigenvalue weighted by Gasteiger charge is 2.44. The molecule has 7 heteroatoms. The van der Waals surface area contributed by atoms with Gasteiger partial charge in [-0.05, 0) is 24.7 Å². The third-order valence-electron chi connectivity index (χ3n) is 3.86. The molecule has 0 amide bonds. The zero-order valence-electron chi connectivity index (χ0n) is 10.2. The molecule has 1 saturated carbocycles. The van der Waals surface area contributed by atoms with Crippen LogP contribution in [0, 0.1) is 5.41 Å². The molecule has 1 spiro atoms. The summed E-state index contributed by atoms with van der Waals surface area (Å²) in [6.45, 7) is 2.01. The quantitative estimate of drug-likeness (QED) is 0.895. The second-order valence-electron chi connectivity index (χ2n) is 5.32. The standard InChI is InChI=1S/C12H14F3N3O/c13-12(14,15)9-4-18-10(5-17-9)19-8-1-2-11(3-8)6-16-7-11/h4-5,8,16H,1-3,6-7H2/t8-/m0/s1. The molecule has 1 N–H and O–H groups in total. The van der Waals surface area contributed by atoms with Crippen LogP contribution in [0.1, 0.15) is 25.0 Å². The SMILES string of the molecule is FC(F)(F)c1cnc(O[C@H]2CCC3(CNC3)C2)cn1. The Morgan fingerprint density at radius 2 is 2.05 bits per heavy atom. The minimum atomic E-state index is -4.46. The largest absolute Gasteiger partial charge is 0.473 e. The van der Waals surface area contributed by atoms with Gasteiger partial charge in [0.2, 0.25) is 5.88 Å². The molecule has 1 aromatic heterocycles. The summed E-state index contributed by atoms with van der Waals surface area (Å²) >= 11 is 0. The topological polar surface area (TPSA) is 47.0 Å². The van der Waals surface area contributed by atoms with Crippen LogP contribution in [-0.2, 0) is 6.18 Å². The monoisotopic (exact) mass is 273 g/mol. The fourth-order valence-corrected chi connectivity index (χ4v) is 2.75. The fourth-order valence-electron chi connectivity index (χ4n) is 2.75. The van der Waals surface area contributed by atoms with Crippen LogP contribution >= 0.6 is 0 Å². The Morgan fingerprint density at radius 3 is 2.53 bits per heavy atom. The molecule has 1 aromatic rings. The van der Waals surface area contributed by atoms with E-state index in [1.807, 2.05) is 0 Å². The molecule has 2 fully saturated rings. The maximum Gasteiger partial charge on any atom is 0.434 e. The summed E-state index contributed by atoms with van der Waals surface area (Å²) in [5.74, 6) is 0.169. The first kappa shape index (κ1) is 12.7. The summed E-state index contributed by atoms with van der Waals surface area (Å²) in [6, 6.07) is 0. The van der Waals surface area contributed by atoms with Gasteiger partial charge in [0.05, 0.1) is 12.4 Å². The molecule has 3 rings (SSSR count). The van der Waals surface area contributed by atoms with Gasteiger partial charge in [-0.15, -0.1) is 0 Å². The number of nitrogens with one attached hydrogen (secondary N) is 1. The highest BCUT2D eigenvalue weighted by molar-refractivity contribution is 5.11. The lowest BCUT2D eigenvalue weighted by molar-refractivity contribution is -0.141. The molecule has 0 radical (unpaired) electrons. The van der Waals surface area contributed by atoms with Gasteiger partial charge in [-0.3, -0.25) is 0 Å². The molecule has 1 atom stereocenters. The Kier molecular flexibility index (Phi) is 2.88. The van der Waals surface area contributed by atoms with E-state index in [1.165, 1.54) is 0 Å². The van der Waals surface area contributed by atoms with E-state index in [2.05, 4.69) is 15.3 Å². The maximum atomic E-state index is 12.3. The van der Waals surface area contributed by atoms with Gasteiger partial charge in [0.15, 0.2) is 5.69 Å². The first-order chi connectivity index (χ1) is 8.97. The van der Waals surface area contributed by atoms with Gasteiger partial charge < -0.3 is 10.1 Å². The number of alkyl halides is 3. The molecule has 1 aliphatic carbocycles. The van der Waals surface area contributed by atoms with Gasteiger partial charge in [0.25, 0.3) is 0 Å². The van der Waals surface area contributed by atoms with E-state index in [1.54, 1.807) is 0 Å². The Balaban J connectivity index is 1.61. The summed E-state index contributed by atoms with van der Waals surface area (Å²) in [6.07, 6.45) is 0.289. The maximum absolute atomic E-state index is 12.3. The summed E-state index contributed by atoms with van der Waals surface area (Å²) in [7, 11) is 0. The van der Waals surface area contributed by atoms with Gasteiger partial charge in [-0.25, -0.2) is 9.97 Å². The Morgan fingerprint density at radius 1 is 1.26 bits per heavy atom. The molecule has 2 aliphatic rings. The van der Waals surface area contributed by atoms with E-state index >= 15 is 0 Å². The molecule has 0 aromatic carbocycles. The number of hydrogen-bond acceptors (Lipinski definition) is 4. The normalized spacial score (nSPS) is 25.3. The molecule has 104 valence electrons. The highest BCUT2D eigenvalue weighted by atomic mass is 19.4. The second-order valence-corrected chi connectivity index (χ2v) is 5.32. The average Bonchev–Trinajstić information content (AvgIpc) is 2.73. The van der Waals surface area contributed by atoms with E-state index in [0.717, 1.165) is 38.5 Å². The summed E-state index contributed by atoms with van der Waals surface area (Å²) in [5.41, 5.74) is -0.657. The number of aromatic nitrogens is 2. The second kappa shape index (κ2) is 4.33. The van der Waals surface area contributed by atoms with Gasteiger partial charge >= 0.3 is 6.18 Å². The van der Waals surface area contributed by atoms with Crippen molar-refractivity contribution in [3.05, 3.63) is 18.1 Å². The van der Waals surface area contributed by atoms with Crippen LogP contribution in [0.5, 0.6) is 5.88 Å². The Labute approximate surface area is 108 Å². The zero-order valence-corrected chi connectivity index (χ0v) is 10.2. The van der Waals surface area contributed by atoms with Crippen LogP contribution in [-0.4, -0.2) is 29.2 Å². The van der Waals surface area contributed by atoms with Crippen molar-refractivity contribution in [3.8, 4) is 5.88 Å². The van der Waals surface area contributed by atoms with Crippen LogP contribution in [0.15, 0.2) is 12.4 Å². The Bertz CT molecular complexity index is 456. The predicted octanol–water partition coefficient (Wildman–Crippen LogP) is 2.02. The Hall–Kier alpha value is -1.37. The van der Waals surface area contributed by atoms with Gasteiger partial charge in [-0.1, -0.05) is 0 Å². The number of nitrogens with zero attached hydrogens (tertiary/aromatic N) is 2. The van der Waals surface area contributed by atoms with Crippen molar-refractivity contribution in [1.29, 1.82) is 0 Å². The van der Waals surface area contributed by atoms with E-state index in [4.69, 9.17) is 4.74 Å². The van der Waals surface area contributed by atoms with Crippen LogP contribution in [0.25, 0.3) is 0 Å². The van der Waals surface area contributed by atoms with Crippen molar-refractivity contribution in [2.45, 2.75) is 31.5 Å². The first-order valence-corrected chi connectivity index (χ1v) is 6.24. The minimum Gasteiger partial charge on any atom is -0.473 e. The van der Waals surface area contributed by atoms with Crippen molar-refractivity contribution in [1.82, 2.24) is 15.3 Å².